The Balaban J connectivity index is 1.53. The number of carbonyl (C=O) groups excluding carboxylic acids is 1. The highest BCUT2D eigenvalue weighted by atomic mass is 32.2. The van der Waals surface area contributed by atoms with Crippen LogP contribution in [0.2, 0.25) is 0 Å². The number of halogens is 2. The van der Waals surface area contributed by atoms with Gasteiger partial charge in [-0.2, -0.15) is 5.10 Å². The van der Waals surface area contributed by atoms with Gasteiger partial charge in [0, 0.05) is 28.5 Å². The van der Waals surface area contributed by atoms with Crippen LogP contribution in [0.1, 0.15) is 47.1 Å². The van der Waals surface area contributed by atoms with E-state index >= 15 is 4.39 Å². The highest BCUT2D eigenvalue weighted by Gasteiger charge is 2.30. The molecule has 1 aliphatic rings. The number of rotatable bonds is 11. The van der Waals surface area contributed by atoms with E-state index in [1.165, 1.54) is 30.6 Å². The number of aromatic nitrogens is 3. The molecular weight excluding hydrogens is 635 g/mol. The molecular formula is C33H30F2N4O5S2. The Morgan fingerprint density at radius 2 is 1.87 bits per heavy atom. The molecule has 0 bridgehead atoms. The zero-order valence-corrected chi connectivity index (χ0v) is 26.6. The minimum absolute atomic E-state index is 0.153. The minimum atomic E-state index is -4.25. The van der Waals surface area contributed by atoms with E-state index in [0.717, 1.165) is 36.2 Å². The van der Waals surface area contributed by atoms with E-state index in [-0.39, 0.29) is 18.7 Å². The number of esters is 1. The molecule has 1 fully saturated rings. The van der Waals surface area contributed by atoms with Crippen LogP contribution in [0.25, 0.3) is 27.5 Å². The molecule has 2 heterocycles. The lowest BCUT2D eigenvalue weighted by atomic mass is 9.95. The van der Waals surface area contributed by atoms with Crippen molar-refractivity contribution in [3.05, 3.63) is 100 Å². The van der Waals surface area contributed by atoms with E-state index in [2.05, 4.69) is 4.98 Å². The average molecular weight is 665 g/mol. The summed E-state index contributed by atoms with van der Waals surface area (Å²) in [6.07, 6.45) is 2.87. The van der Waals surface area contributed by atoms with E-state index in [0.29, 0.717) is 51.2 Å². The smallest absolute Gasteiger partial charge is 0.357 e. The largest absolute Gasteiger partial charge is 0.497 e. The van der Waals surface area contributed by atoms with Crippen LogP contribution in [0.4, 0.5) is 8.78 Å². The van der Waals surface area contributed by atoms with Crippen molar-refractivity contribution in [2.45, 2.75) is 37.5 Å². The molecule has 0 spiro atoms. The number of sulfonamides is 1. The lowest BCUT2D eigenvalue weighted by molar-refractivity contribution is 0.0520. The number of carbonyl (C=O) groups is 1. The van der Waals surface area contributed by atoms with Gasteiger partial charge in [0.15, 0.2) is 5.69 Å². The third-order valence-corrected chi connectivity index (χ3v) is 9.49. The van der Waals surface area contributed by atoms with Crippen LogP contribution in [0, 0.1) is 17.6 Å². The maximum Gasteiger partial charge on any atom is 0.357 e. The van der Waals surface area contributed by atoms with E-state index < -0.39 is 32.5 Å². The highest BCUT2D eigenvalue weighted by Crippen LogP contribution is 2.39. The average Bonchev–Trinajstić information content (AvgIpc) is 3.59. The third-order valence-electron chi connectivity index (χ3n) is 7.73. The molecule has 46 heavy (non-hydrogen) atoms. The summed E-state index contributed by atoms with van der Waals surface area (Å²) in [5, 5.41) is 12.2. The number of nitrogens with two attached hydrogens (primary N) is 1. The number of hydrogen-bond acceptors (Lipinski definition) is 8. The molecule has 1 aliphatic carbocycles. The van der Waals surface area contributed by atoms with Gasteiger partial charge in [-0.05, 0) is 85.7 Å². The molecule has 3 aromatic carbocycles. The molecule has 0 aliphatic heterocycles. The Morgan fingerprint density at radius 3 is 2.57 bits per heavy atom. The highest BCUT2D eigenvalue weighted by molar-refractivity contribution is 7.89. The molecule has 2 aromatic heterocycles. The summed E-state index contributed by atoms with van der Waals surface area (Å²) in [7, 11) is -2.71. The van der Waals surface area contributed by atoms with Gasteiger partial charge in [-0.25, -0.2) is 36.8 Å². The Bertz CT molecular complexity index is 2050. The number of primary sulfonamides is 1. The first-order chi connectivity index (χ1) is 22.0. The summed E-state index contributed by atoms with van der Waals surface area (Å²) in [6, 6.07) is 15.6. The molecule has 9 nitrogen and oxygen atoms in total. The number of methoxy groups -OCH3 is 1. The van der Waals surface area contributed by atoms with Crippen LogP contribution in [0.3, 0.4) is 0 Å². The fourth-order valence-electron chi connectivity index (χ4n) is 5.30. The van der Waals surface area contributed by atoms with E-state index in [1.807, 2.05) is 0 Å². The minimum Gasteiger partial charge on any atom is -0.497 e. The van der Waals surface area contributed by atoms with Gasteiger partial charge in [-0.1, -0.05) is 18.2 Å². The lowest BCUT2D eigenvalue weighted by Gasteiger charge is -2.11. The zero-order valence-electron chi connectivity index (χ0n) is 25.0. The first-order valence-electron chi connectivity index (χ1n) is 14.5. The second kappa shape index (κ2) is 12.7. The zero-order chi connectivity index (χ0) is 32.6. The Morgan fingerprint density at radius 1 is 1.07 bits per heavy atom. The van der Waals surface area contributed by atoms with Crippen LogP contribution in [-0.4, -0.2) is 42.9 Å². The van der Waals surface area contributed by atoms with Gasteiger partial charge in [0.2, 0.25) is 15.2 Å². The number of ether oxygens (including phenoxy) is 2. The fraction of sp³-hybridized carbons (Fsp3) is 0.242. The fourth-order valence-corrected chi connectivity index (χ4v) is 6.66. The first-order valence-corrected chi connectivity index (χ1v) is 17.0. The van der Waals surface area contributed by atoms with E-state index in [9.17, 15) is 17.6 Å². The second-order valence-electron chi connectivity index (χ2n) is 11.0. The van der Waals surface area contributed by atoms with Gasteiger partial charge >= 0.3 is 5.97 Å². The monoisotopic (exact) mass is 664 g/mol. The predicted octanol–water partition coefficient (Wildman–Crippen LogP) is 6.32. The van der Waals surface area contributed by atoms with Gasteiger partial charge in [0.05, 0.1) is 25.1 Å². The second-order valence-corrected chi connectivity index (χ2v) is 13.3. The quantitative estimate of drug-likeness (QED) is 0.164. The SMILES string of the molecule is CCOC(=O)c1csc(-n2nc(-c3ccc(F)c(-c4cccc(OC)c4)c3)c(Cc3ccc(S(N)(=O)=O)c(F)c3)c2CC2CC2)n1. The number of nitrogens with zero attached hydrogens (tertiary/aromatic N) is 3. The number of hydrogen-bond donors (Lipinski definition) is 1. The molecule has 1 saturated carbocycles. The van der Waals surface area contributed by atoms with Gasteiger partial charge in [0.25, 0.3) is 0 Å². The van der Waals surface area contributed by atoms with E-state index in [4.69, 9.17) is 19.7 Å². The molecule has 6 rings (SSSR count). The maximum absolute atomic E-state index is 15.3. The van der Waals surface area contributed by atoms with Gasteiger partial charge in [0.1, 0.15) is 22.3 Å². The third kappa shape index (κ3) is 6.57. The summed E-state index contributed by atoms with van der Waals surface area (Å²) >= 11 is 1.23. The van der Waals surface area contributed by atoms with Crippen molar-refractivity contribution < 1.29 is 31.5 Å². The normalized spacial score (nSPS) is 13.2. The van der Waals surface area contributed by atoms with Crippen LogP contribution >= 0.6 is 11.3 Å². The molecule has 238 valence electrons. The molecule has 2 N–H and O–H groups in total. The molecule has 0 atom stereocenters. The molecule has 0 saturated heterocycles. The summed E-state index contributed by atoms with van der Waals surface area (Å²) in [4.78, 5) is 16.4. The van der Waals surface area contributed by atoms with Crippen molar-refractivity contribution in [2.24, 2.45) is 11.1 Å². The van der Waals surface area contributed by atoms with Crippen molar-refractivity contribution in [2.75, 3.05) is 13.7 Å². The predicted molar refractivity (Wildman–Crippen MR) is 170 cm³/mol. The van der Waals surface area contributed by atoms with Gasteiger partial charge < -0.3 is 9.47 Å². The van der Waals surface area contributed by atoms with Crippen LogP contribution < -0.4 is 9.88 Å². The number of thiazole rings is 1. The molecule has 5 aromatic rings. The first kappa shape index (κ1) is 31.5. The van der Waals surface area contributed by atoms with Gasteiger partial charge in [-0.3, -0.25) is 0 Å². The summed E-state index contributed by atoms with van der Waals surface area (Å²) < 4.78 is 66.1. The molecule has 0 amide bonds. The van der Waals surface area contributed by atoms with Crippen LogP contribution in [0.5, 0.6) is 5.75 Å². The van der Waals surface area contributed by atoms with Crippen LogP contribution in [0.15, 0.2) is 70.9 Å². The molecule has 0 unspecified atom stereocenters. The van der Waals surface area contributed by atoms with Crippen molar-refractivity contribution in [1.82, 2.24) is 14.8 Å². The van der Waals surface area contributed by atoms with Crippen molar-refractivity contribution in [3.8, 4) is 33.3 Å². The summed E-state index contributed by atoms with van der Waals surface area (Å²) in [6.45, 7) is 1.92. The maximum atomic E-state index is 15.3. The van der Waals surface area contributed by atoms with Crippen molar-refractivity contribution >= 4 is 27.3 Å². The topological polar surface area (TPSA) is 126 Å². The molecule has 13 heteroatoms. The van der Waals surface area contributed by atoms with Crippen LogP contribution in [-0.2, 0) is 27.6 Å². The summed E-state index contributed by atoms with van der Waals surface area (Å²) in [5.74, 6) is -0.971. The van der Waals surface area contributed by atoms with Crippen molar-refractivity contribution in [3.63, 3.8) is 0 Å². The Kier molecular flexibility index (Phi) is 8.73. The van der Waals surface area contributed by atoms with E-state index in [1.54, 1.807) is 53.4 Å². The standard InChI is InChI=1S/C33H30F2N4O5S2/c1-3-44-32(40)28-18-45-33(37-28)39-29(15-19-7-8-19)25(13-20-9-12-30(27(35)14-20)46(36,41)42)31(38-39)22-10-11-26(34)24(17-22)21-5-4-6-23(16-21)43-2/h4-6,9-12,14,16-19H,3,7-8,13,15H2,1-2H3,(H2,36,41,42). The van der Waals surface area contributed by atoms with Gasteiger partial charge in [-0.15, -0.1) is 11.3 Å². The van der Waals surface area contributed by atoms with Crippen molar-refractivity contribution in [1.29, 1.82) is 0 Å². The Labute approximate surface area is 268 Å². The summed E-state index contributed by atoms with van der Waals surface area (Å²) in [5.41, 5.74) is 4.26. The molecule has 0 radical (unpaired) electrons. The lowest BCUT2D eigenvalue weighted by Crippen LogP contribution is -2.14. The Hall–Kier alpha value is -4.46. The number of benzene rings is 3.